The van der Waals surface area contributed by atoms with Crippen molar-refractivity contribution in [3.05, 3.63) is 0 Å². The highest BCUT2D eigenvalue weighted by Crippen LogP contribution is 1.97. The Hall–Kier alpha value is -0.160. The second-order valence-corrected chi connectivity index (χ2v) is 3.28. The highest BCUT2D eigenvalue weighted by molar-refractivity contribution is 4.66. The molecule has 80 valence electrons. The average Bonchev–Trinajstić information content (AvgIpc) is 2.13. The molecule has 0 radical (unpaired) electrons. The number of rotatable bonds is 7. The van der Waals surface area contributed by atoms with Crippen molar-refractivity contribution in [2.24, 2.45) is 0 Å². The zero-order chi connectivity index (χ0) is 10.3. The minimum atomic E-state index is -0.473. The van der Waals surface area contributed by atoms with E-state index in [1.54, 1.807) is 0 Å². The summed E-state index contributed by atoms with van der Waals surface area (Å²) in [4.78, 5) is 1.91. The molecular weight excluding hydrogens is 170 g/mol. The van der Waals surface area contributed by atoms with Crippen molar-refractivity contribution in [2.45, 2.75) is 26.0 Å². The van der Waals surface area contributed by atoms with Crippen LogP contribution >= 0.6 is 0 Å². The van der Waals surface area contributed by atoms with Crippen LogP contribution in [0.25, 0.3) is 0 Å². The molecule has 0 heterocycles. The summed E-state index contributed by atoms with van der Waals surface area (Å²) >= 11 is 0. The van der Waals surface area contributed by atoms with E-state index < -0.39 is 6.10 Å². The Balaban J connectivity index is 3.57. The van der Waals surface area contributed by atoms with Gasteiger partial charge in [-0.1, -0.05) is 0 Å². The van der Waals surface area contributed by atoms with Crippen molar-refractivity contribution < 1.29 is 14.9 Å². The van der Waals surface area contributed by atoms with Gasteiger partial charge in [-0.05, 0) is 20.9 Å². The van der Waals surface area contributed by atoms with Gasteiger partial charge in [-0.2, -0.15) is 0 Å². The minimum absolute atomic E-state index is 0.0799. The van der Waals surface area contributed by atoms with Gasteiger partial charge in [0.2, 0.25) is 0 Å². The molecule has 0 aliphatic carbocycles. The van der Waals surface area contributed by atoms with E-state index in [0.29, 0.717) is 19.8 Å². The third-order valence-corrected chi connectivity index (χ3v) is 2.03. The number of aliphatic hydroxyl groups is 2. The molecule has 0 aliphatic heterocycles. The maximum atomic E-state index is 9.45. The Morgan fingerprint density at radius 1 is 1.46 bits per heavy atom. The van der Waals surface area contributed by atoms with E-state index in [9.17, 15) is 5.11 Å². The zero-order valence-electron chi connectivity index (χ0n) is 8.73. The van der Waals surface area contributed by atoms with Crippen LogP contribution in [-0.4, -0.2) is 60.7 Å². The standard InChI is InChI=1S/C9H21NO3/c1-4-13-7-9(12)5-10(3)8(2)6-11/h8-9,11-12H,4-7H2,1-3H3. The van der Waals surface area contributed by atoms with Crippen LogP contribution in [0.4, 0.5) is 0 Å². The summed E-state index contributed by atoms with van der Waals surface area (Å²) in [6, 6.07) is 0.0799. The van der Waals surface area contributed by atoms with Crippen molar-refractivity contribution in [1.82, 2.24) is 4.90 Å². The molecule has 2 N–H and O–H groups in total. The van der Waals surface area contributed by atoms with Gasteiger partial charge in [-0.25, -0.2) is 0 Å². The van der Waals surface area contributed by atoms with E-state index >= 15 is 0 Å². The molecule has 2 unspecified atom stereocenters. The second-order valence-electron chi connectivity index (χ2n) is 3.28. The molecule has 0 spiro atoms. The summed E-state index contributed by atoms with van der Waals surface area (Å²) in [7, 11) is 1.87. The quantitative estimate of drug-likeness (QED) is 0.580. The average molecular weight is 191 g/mol. The lowest BCUT2D eigenvalue weighted by atomic mass is 10.3. The van der Waals surface area contributed by atoms with E-state index in [-0.39, 0.29) is 12.6 Å². The van der Waals surface area contributed by atoms with Crippen molar-refractivity contribution in [2.75, 3.05) is 33.4 Å². The van der Waals surface area contributed by atoms with Gasteiger partial charge in [0.15, 0.2) is 0 Å². The predicted molar refractivity (Wildman–Crippen MR) is 51.7 cm³/mol. The fourth-order valence-corrected chi connectivity index (χ4v) is 0.958. The maximum absolute atomic E-state index is 9.45. The summed E-state index contributed by atoms with van der Waals surface area (Å²) in [6.07, 6.45) is -0.473. The van der Waals surface area contributed by atoms with Gasteiger partial charge in [0.1, 0.15) is 0 Å². The second kappa shape index (κ2) is 7.26. The van der Waals surface area contributed by atoms with Crippen LogP contribution in [-0.2, 0) is 4.74 Å². The number of hydrogen-bond acceptors (Lipinski definition) is 4. The van der Waals surface area contributed by atoms with Crippen LogP contribution < -0.4 is 0 Å². The van der Waals surface area contributed by atoms with Crippen LogP contribution in [0.5, 0.6) is 0 Å². The lowest BCUT2D eigenvalue weighted by Gasteiger charge is -2.25. The molecule has 0 aromatic carbocycles. The topological polar surface area (TPSA) is 52.9 Å². The molecule has 0 aromatic rings. The smallest absolute Gasteiger partial charge is 0.0900 e. The Bertz CT molecular complexity index is 121. The number of ether oxygens (including phenoxy) is 1. The highest BCUT2D eigenvalue weighted by Gasteiger charge is 2.12. The number of nitrogens with zero attached hydrogens (tertiary/aromatic N) is 1. The van der Waals surface area contributed by atoms with Gasteiger partial charge in [-0.15, -0.1) is 0 Å². The van der Waals surface area contributed by atoms with Crippen LogP contribution in [0.3, 0.4) is 0 Å². The number of aliphatic hydroxyl groups excluding tert-OH is 2. The van der Waals surface area contributed by atoms with Crippen LogP contribution in [0.2, 0.25) is 0 Å². The monoisotopic (exact) mass is 191 g/mol. The Kier molecular flexibility index (Phi) is 7.17. The molecular formula is C9H21NO3. The molecule has 0 amide bonds. The van der Waals surface area contributed by atoms with Gasteiger partial charge in [0, 0.05) is 19.2 Å². The fraction of sp³-hybridized carbons (Fsp3) is 1.00. The Morgan fingerprint density at radius 3 is 2.54 bits per heavy atom. The summed E-state index contributed by atoms with van der Waals surface area (Å²) in [6.45, 7) is 5.43. The summed E-state index contributed by atoms with van der Waals surface area (Å²) in [5.74, 6) is 0. The zero-order valence-corrected chi connectivity index (χ0v) is 8.73. The first kappa shape index (κ1) is 12.8. The van der Waals surface area contributed by atoms with Gasteiger partial charge < -0.3 is 14.9 Å². The molecule has 4 heteroatoms. The molecule has 0 saturated heterocycles. The first-order chi connectivity index (χ1) is 6.11. The number of hydrogen-bond donors (Lipinski definition) is 2. The van der Waals surface area contributed by atoms with Crippen LogP contribution in [0.1, 0.15) is 13.8 Å². The normalized spacial score (nSPS) is 16.2. The van der Waals surface area contributed by atoms with Crippen molar-refractivity contribution >= 4 is 0 Å². The SMILES string of the molecule is CCOCC(O)CN(C)C(C)CO. The molecule has 4 nitrogen and oxygen atoms in total. The molecule has 0 rings (SSSR count). The van der Waals surface area contributed by atoms with E-state index in [1.165, 1.54) is 0 Å². The van der Waals surface area contributed by atoms with Gasteiger partial charge >= 0.3 is 0 Å². The Labute approximate surface area is 80.1 Å². The molecule has 13 heavy (non-hydrogen) atoms. The molecule has 0 bridgehead atoms. The lowest BCUT2D eigenvalue weighted by molar-refractivity contribution is 0.0148. The van der Waals surface area contributed by atoms with Crippen molar-refractivity contribution in [3.63, 3.8) is 0 Å². The highest BCUT2D eigenvalue weighted by atomic mass is 16.5. The Morgan fingerprint density at radius 2 is 2.08 bits per heavy atom. The summed E-state index contributed by atoms with van der Waals surface area (Å²) in [5, 5.41) is 18.3. The van der Waals surface area contributed by atoms with Crippen LogP contribution in [0.15, 0.2) is 0 Å². The van der Waals surface area contributed by atoms with Gasteiger partial charge in [0.25, 0.3) is 0 Å². The summed E-state index contributed by atoms with van der Waals surface area (Å²) in [5.41, 5.74) is 0. The molecule has 0 aliphatic rings. The first-order valence-corrected chi connectivity index (χ1v) is 4.68. The molecule has 0 aromatic heterocycles. The maximum Gasteiger partial charge on any atom is 0.0900 e. The molecule has 2 atom stereocenters. The number of likely N-dealkylation sites (N-methyl/N-ethyl adjacent to an activating group) is 1. The van der Waals surface area contributed by atoms with E-state index in [1.807, 2.05) is 25.8 Å². The molecule has 0 saturated carbocycles. The van der Waals surface area contributed by atoms with Crippen molar-refractivity contribution in [1.29, 1.82) is 0 Å². The van der Waals surface area contributed by atoms with Gasteiger partial charge in [0.05, 0.1) is 19.3 Å². The van der Waals surface area contributed by atoms with E-state index in [2.05, 4.69) is 0 Å². The third kappa shape index (κ3) is 5.99. The largest absolute Gasteiger partial charge is 0.395 e. The van der Waals surface area contributed by atoms with Gasteiger partial charge in [-0.3, -0.25) is 4.90 Å². The molecule has 0 fully saturated rings. The van der Waals surface area contributed by atoms with E-state index in [0.717, 1.165) is 0 Å². The first-order valence-electron chi connectivity index (χ1n) is 4.68. The summed E-state index contributed by atoms with van der Waals surface area (Å²) < 4.78 is 5.07. The van der Waals surface area contributed by atoms with E-state index in [4.69, 9.17) is 9.84 Å². The predicted octanol–water partition coefficient (Wildman–Crippen LogP) is -0.304. The fourth-order valence-electron chi connectivity index (χ4n) is 0.958. The lowest BCUT2D eigenvalue weighted by Crippen LogP contribution is -2.39. The third-order valence-electron chi connectivity index (χ3n) is 2.03. The van der Waals surface area contributed by atoms with Crippen LogP contribution in [0, 0.1) is 0 Å². The minimum Gasteiger partial charge on any atom is -0.395 e. The van der Waals surface area contributed by atoms with Crippen molar-refractivity contribution in [3.8, 4) is 0 Å².